The molecular weight excluding hydrogens is 382 g/mol. The monoisotopic (exact) mass is 411 g/mol. The Morgan fingerprint density at radius 2 is 1.34 bits per heavy atom. The molecule has 0 radical (unpaired) electrons. The smallest absolute Gasteiger partial charge is 0.166 e. The predicted octanol–water partition coefficient (Wildman–Crippen LogP) is 5.99. The summed E-state index contributed by atoms with van der Waals surface area (Å²) in [5, 5.41) is 3.52. The first-order valence-electron chi connectivity index (χ1n) is 9.85. The third-order valence-electron chi connectivity index (χ3n) is 4.63. The van der Waals surface area contributed by atoms with Crippen LogP contribution in [0.2, 0.25) is 0 Å². The Morgan fingerprint density at radius 1 is 0.724 bits per heavy atom. The summed E-state index contributed by atoms with van der Waals surface area (Å²) in [6, 6.07) is 23.1. The van der Waals surface area contributed by atoms with E-state index in [0.717, 1.165) is 35.7 Å². The molecule has 0 spiro atoms. The van der Waals surface area contributed by atoms with Crippen LogP contribution in [-0.2, 0) is 19.7 Å². The van der Waals surface area contributed by atoms with Gasteiger partial charge in [-0.2, -0.15) is 0 Å². The maximum absolute atomic E-state index is 6.20. The summed E-state index contributed by atoms with van der Waals surface area (Å²) < 4.78 is 12.0. The van der Waals surface area contributed by atoms with Crippen molar-refractivity contribution < 1.29 is 9.47 Å². The highest BCUT2D eigenvalue weighted by Gasteiger charge is 2.11. The van der Waals surface area contributed by atoms with Crippen LogP contribution in [0.1, 0.15) is 34.7 Å². The Labute approximate surface area is 180 Å². The number of para-hydroxylation sites is 1. The van der Waals surface area contributed by atoms with Crippen molar-refractivity contribution in [2.75, 3.05) is 6.61 Å². The zero-order valence-corrected chi connectivity index (χ0v) is 18.2. The van der Waals surface area contributed by atoms with Crippen LogP contribution in [0.15, 0.2) is 66.7 Å². The van der Waals surface area contributed by atoms with Crippen molar-refractivity contribution >= 4 is 12.4 Å². The number of halogens is 1. The molecule has 3 aromatic rings. The van der Waals surface area contributed by atoms with Crippen molar-refractivity contribution in [1.82, 2.24) is 5.32 Å². The molecule has 0 saturated carbocycles. The van der Waals surface area contributed by atoms with Crippen molar-refractivity contribution in [2.24, 2.45) is 0 Å². The summed E-state index contributed by atoms with van der Waals surface area (Å²) in [6.07, 6.45) is 0. The molecule has 0 amide bonds. The number of hydrogen-bond acceptors (Lipinski definition) is 3. The van der Waals surface area contributed by atoms with Gasteiger partial charge < -0.3 is 14.8 Å². The molecule has 3 rings (SSSR count). The number of benzene rings is 3. The molecule has 4 heteroatoms. The highest BCUT2D eigenvalue weighted by Crippen LogP contribution is 2.32. The van der Waals surface area contributed by atoms with Crippen LogP contribution in [0.25, 0.3) is 0 Å². The van der Waals surface area contributed by atoms with Gasteiger partial charge in [0.15, 0.2) is 11.5 Å². The molecule has 3 nitrogen and oxygen atoms in total. The van der Waals surface area contributed by atoms with Gasteiger partial charge in [-0.05, 0) is 38.0 Å². The van der Waals surface area contributed by atoms with Gasteiger partial charge in [0.2, 0.25) is 0 Å². The molecule has 0 aliphatic heterocycles. The minimum atomic E-state index is 0. The van der Waals surface area contributed by atoms with Crippen molar-refractivity contribution in [1.29, 1.82) is 0 Å². The third-order valence-corrected chi connectivity index (χ3v) is 4.63. The molecule has 0 aliphatic rings. The molecule has 0 heterocycles. The molecule has 3 aromatic carbocycles. The minimum absolute atomic E-state index is 0. The molecule has 0 saturated heterocycles. The van der Waals surface area contributed by atoms with Gasteiger partial charge in [-0.15, -0.1) is 12.4 Å². The minimum Gasteiger partial charge on any atom is -0.490 e. The van der Waals surface area contributed by atoms with Crippen LogP contribution in [0, 0.1) is 13.8 Å². The number of ether oxygens (including phenoxy) is 2. The number of rotatable bonds is 9. The zero-order chi connectivity index (χ0) is 19.8. The van der Waals surface area contributed by atoms with Crippen LogP contribution in [0.3, 0.4) is 0 Å². The van der Waals surface area contributed by atoms with Gasteiger partial charge in [-0.1, -0.05) is 71.8 Å². The van der Waals surface area contributed by atoms with E-state index in [9.17, 15) is 0 Å². The van der Waals surface area contributed by atoms with Gasteiger partial charge in [0.1, 0.15) is 6.61 Å². The first-order chi connectivity index (χ1) is 13.7. The quantitative estimate of drug-likeness (QED) is 0.469. The molecule has 1 N–H and O–H groups in total. The molecule has 0 bridgehead atoms. The fourth-order valence-electron chi connectivity index (χ4n) is 3.02. The van der Waals surface area contributed by atoms with Gasteiger partial charge in [0.05, 0.1) is 6.61 Å². The second kappa shape index (κ2) is 11.5. The maximum Gasteiger partial charge on any atom is 0.166 e. The van der Waals surface area contributed by atoms with E-state index in [1.807, 2.05) is 19.1 Å². The summed E-state index contributed by atoms with van der Waals surface area (Å²) in [7, 11) is 0. The molecule has 0 atom stereocenters. The molecule has 0 aliphatic carbocycles. The SMILES string of the molecule is CCOc1cccc(CNCc2ccc(C)cc2)c1OCc1ccc(C)cc1.Cl. The van der Waals surface area contributed by atoms with E-state index in [2.05, 4.69) is 73.8 Å². The Kier molecular flexibility index (Phi) is 9.04. The standard InChI is InChI=1S/C25H29NO2.ClH/c1-4-27-24-7-5-6-23(17-26-16-21-12-8-19(2)9-13-21)25(24)28-18-22-14-10-20(3)11-15-22;/h5-15,26H,4,16-18H2,1-3H3;1H. The van der Waals surface area contributed by atoms with Crippen LogP contribution in [-0.4, -0.2) is 6.61 Å². The molecule has 0 fully saturated rings. The lowest BCUT2D eigenvalue weighted by Gasteiger charge is -2.17. The van der Waals surface area contributed by atoms with E-state index in [4.69, 9.17) is 9.47 Å². The number of hydrogen-bond donors (Lipinski definition) is 1. The lowest BCUT2D eigenvalue weighted by Crippen LogP contribution is -2.14. The maximum atomic E-state index is 6.20. The van der Waals surface area contributed by atoms with Crippen molar-refractivity contribution in [3.05, 3.63) is 94.5 Å². The van der Waals surface area contributed by atoms with E-state index in [-0.39, 0.29) is 12.4 Å². The lowest BCUT2D eigenvalue weighted by molar-refractivity contribution is 0.266. The Morgan fingerprint density at radius 3 is 1.97 bits per heavy atom. The summed E-state index contributed by atoms with van der Waals surface area (Å²) in [5.41, 5.74) is 6.05. The summed E-state index contributed by atoms with van der Waals surface area (Å²) in [4.78, 5) is 0. The Balaban J connectivity index is 0.00000300. The van der Waals surface area contributed by atoms with Crippen molar-refractivity contribution in [2.45, 2.75) is 40.5 Å². The average molecular weight is 412 g/mol. The second-order valence-electron chi connectivity index (χ2n) is 7.04. The first kappa shape index (κ1) is 22.8. The first-order valence-corrected chi connectivity index (χ1v) is 9.85. The predicted molar refractivity (Wildman–Crippen MR) is 122 cm³/mol. The fourth-order valence-corrected chi connectivity index (χ4v) is 3.02. The van der Waals surface area contributed by atoms with Crippen molar-refractivity contribution in [3.8, 4) is 11.5 Å². The molecule has 0 aromatic heterocycles. The van der Waals surface area contributed by atoms with E-state index in [1.54, 1.807) is 0 Å². The lowest BCUT2D eigenvalue weighted by atomic mass is 10.1. The summed E-state index contributed by atoms with van der Waals surface area (Å²) in [5.74, 6) is 1.62. The van der Waals surface area contributed by atoms with Crippen LogP contribution in [0.5, 0.6) is 11.5 Å². The molecule has 0 unspecified atom stereocenters. The third kappa shape index (κ3) is 6.81. The molecule has 29 heavy (non-hydrogen) atoms. The van der Waals surface area contributed by atoms with Crippen LogP contribution < -0.4 is 14.8 Å². The molecular formula is C25H30ClNO2. The summed E-state index contributed by atoms with van der Waals surface area (Å²) in [6.45, 7) is 8.86. The van der Waals surface area contributed by atoms with Gasteiger partial charge >= 0.3 is 0 Å². The van der Waals surface area contributed by atoms with Gasteiger partial charge in [0.25, 0.3) is 0 Å². The Hall–Kier alpha value is -2.49. The van der Waals surface area contributed by atoms with Crippen molar-refractivity contribution in [3.63, 3.8) is 0 Å². The Bertz CT molecular complexity index is 876. The largest absolute Gasteiger partial charge is 0.490 e. The number of nitrogens with one attached hydrogen (secondary N) is 1. The second-order valence-corrected chi connectivity index (χ2v) is 7.04. The van der Waals surface area contributed by atoms with E-state index in [0.29, 0.717) is 13.2 Å². The van der Waals surface area contributed by atoms with Crippen LogP contribution in [0.4, 0.5) is 0 Å². The molecule has 154 valence electrons. The topological polar surface area (TPSA) is 30.5 Å². The highest BCUT2D eigenvalue weighted by atomic mass is 35.5. The van der Waals surface area contributed by atoms with Gasteiger partial charge in [0, 0.05) is 18.7 Å². The fraction of sp³-hybridized carbons (Fsp3) is 0.280. The zero-order valence-electron chi connectivity index (χ0n) is 17.4. The number of aryl methyl sites for hydroxylation is 2. The average Bonchev–Trinajstić information content (AvgIpc) is 2.70. The van der Waals surface area contributed by atoms with Gasteiger partial charge in [-0.25, -0.2) is 0 Å². The van der Waals surface area contributed by atoms with E-state index < -0.39 is 0 Å². The van der Waals surface area contributed by atoms with Gasteiger partial charge in [-0.3, -0.25) is 0 Å². The van der Waals surface area contributed by atoms with Crippen LogP contribution >= 0.6 is 12.4 Å². The summed E-state index contributed by atoms with van der Waals surface area (Å²) >= 11 is 0. The van der Waals surface area contributed by atoms with E-state index >= 15 is 0 Å². The normalized spacial score (nSPS) is 10.3. The highest BCUT2D eigenvalue weighted by molar-refractivity contribution is 5.85. The van der Waals surface area contributed by atoms with E-state index in [1.165, 1.54) is 16.7 Å².